The van der Waals surface area contributed by atoms with Crippen LogP contribution in [0.3, 0.4) is 0 Å². The third kappa shape index (κ3) is 7.51. The molecular formula is C46H47NO14. The van der Waals surface area contributed by atoms with Crippen LogP contribution in [0, 0.1) is 11.3 Å². The van der Waals surface area contributed by atoms with Crippen molar-refractivity contribution < 1.29 is 67.8 Å². The van der Waals surface area contributed by atoms with E-state index in [2.05, 4.69) is 5.32 Å². The van der Waals surface area contributed by atoms with Crippen LogP contribution in [-0.2, 0) is 42.9 Å². The highest BCUT2D eigenvalue weighted by Gasteiger charge is 2.73. The smallest absolute Gasteiger partial charge is 0.338 e. The zero-order chi connectivity index (χ0) is 44.0. The fourth-order valence-electron chi connectivity index (χ4n) is 9.37. The highest BCUT2D eigenvalue weighted by Crippen LogP contribution is 2.61. The number of amides is 1. The SMILES string of the molecule is CC(=O)O[C@H]1C(O)=C2C(=O)CC3OC[C@@]3(OC(C)=O)C2[C@H](OC(=O)c2ccccc2)[C@]2(O)C[C@H](OC(=O)[C@H](O)C(NC(=O)c3ccccc3)c3ccccc3)C(C)=C1C2(C)C. The van der Waals surface area contributed by atoms with Gasteiger partial charge in [-0.1, -0.05) is 80.6 Å². The Morgan fingerprint density at radius 1 is 0.836 bits per heavy atom. The fourth-order valence-corrected chi connectivity index (χ4v) is 9.37. The summed E-state index contributed by atoms with van der Waals surface area (Å²) in [6.45, 7) is 6.51. The molecule has 3 aromatic carbocycles. The standard InChI is InChI=1S/C46H47NO14/c1-24-31(59-43(55)38(52)36(27-15-9-6-10-16-27)47-41(53)28-17-11-7-12-18-28)22-46(56)40(60-42(54)29-19-13-8-14-20-29)35-33(30(50)21-32-45(35,23-57-32)61-26(3)49)37(51)39(58-25(2)48)34(24)44(46,4)5/h6-20,31-32,35-36,38-40,51-52,56H,21-23H2,1-5H3,(H,47,53)/t31-,32?,35?,36?,38+,39+,40-,45-,46+/m0/s1. The van der Waals surface area contributed by atoms with Crippen molar-refractivity contribution in [2.45, 2.75) is 95.2 Å². The lowest BCUT2D eigenvalue weighted by atomic mass is 9.51. The van der Waals surface area contributed by atoms with E-state index >= 15 is 0 Å². The quantitative estimate of drug-likeness (QED) is 0.128. The number of carbonyl (C=O) groups excluding carboxylic acids is 6. The highest BCUT2D eigenvalue weighted by molar-refractivity contribution is 5.99. The number of aliphatic hydroxyl groups is 3. The molecule has 1 saturated heterocycles. The molecule has 4 N–H and O–H groups in total. The van der Waals surface area contributed by atoms with E-state index in [1.54, 1.807) is 92.7 Å². The Balaban J connectivity index is 1.38. The Morgan fingerprint density at radius 3 is 1.98 bits per heavy atom. The first kappa shape index (κ1) is 42.9. The van der Waals surface area contributed by atoms with Gasteiger partial charge in [-0.25, -0.2) is 9.59 Å². The molecule has 1 saturated carbocycles. The number of aliphatic hydroxyl groups excluding tert-OH is 2. The summed E-state index contributed by atoms with van der Waals surface area (Å²) >= 11 is 0. The first-order valence-corrected chi connectivity index (χ1v) is 19.8. The molecule has 2 bridgehead atoms. The third-order valence-corrected chi connectivity index (χ3v) is 12.4. The molecule has 15 heteroatoms. The number of ether oxygens (including phenoxy) is 5. The van der Waals surface area contributed by atoms with Crippen molar-refractivity contribution in [2.75, 3.05) is 6.61 Å². The Kier molecular flexibility index (Phi) is 11.5. The van der Waals surface area contributed by atoms with Crippen LogP contribution in [0.4, 0.5) is 0 Å². The second-order valence-electron chi connectivity index (χ2n) is 16.4. The molecule has 0 aromatic heterocycles. The molecular weight excluding hydrogens is 790 g/mol. The summed E-state index contributed by atoms with van der Waals surface area (Å²) in [5.74, 6) is -7.56. The van der Waals surface area contributed by atoms with Gasteiger partial charge < -0.3 is 44.3 Å². The number of carbonyl (C=O) groups is 6. The van der Waals surface area contributed by atoms with E-state index in [1.165, 1.54) is 19.1 Å². The van der Waals surface area contributed by atoms with Crippen molar-refractivity contribution in [1.82, 2.24) is 5.32 Å². The van der Waals surface area contributed by atoms with Gasteiger partial charge in [0.2, 0.25) is 0 Å². The third-order valence-electron chi connectivity index (χ3n) is 12.4. The van der Waals surface area contributed by atoms with Gasteiger partial charge in [-0.15, -0.1) is 0 Å². The van der Waals surface area contributed by atoms with E-state index in [0.717, 1.165) is 13.8 Å². The molecule has 1 amide bonds. The average Bonchev–Trinajstić information content (AvgIpc) is 3.22. The fraction of sp³-hybridized carbons (Fsp3) is 0.391. The maximum Gasteiger partial charge on any atom is 0.338 e. The van der Waals surface area contributed by atoms with E-state index in [4.69, 9.17) is 23.7 Å². The lowest BCUT2D eigenvalue weighted by Crippen LogP contribution is -2.76. The van der Waals surface area contributed by atoms with Crippen molar-refractivity contribution in [3.8, 4) is 0 Å². The first-order chi connectivity index (χ1) is 28.9. The summed E-state index contributed by atoms with van der Waals surface area (Å²) in [5.41, 5.74) is -5.39. The number of hydrogen-bond acceptors (Lipinski definition) is 14. The molecule has 15 nitrogen and oxygen atoms in total. The Labute approximate surface area is 351 Å². The molecule has 3 aromatic rings. The summed E-state index contributed by atoms with van der Waals surface area (Å²) in [6, 6.07) is 22.9. The van der Waals surface area contributed by atoms with Crippen LogP contribution in [0.5, 0.6) is 0 Å². The lowest BCUT2D eigenvalue weighted by Gasteiger charge is -2.62. The predicted octanol–water partition coefficient (Wildman–Crippen LogP) is 4.18. The molecule has 2 fully saturated rings. The van der Waals surface area contributed by atoms with Crippen molar-refractivity contribution >= 4 is 35.6 Å². The average molecular weight is 838 g/mol. The van der Waals surface area contributed by atoms with E-state index in [0.29, 0.717) is 5.56 Å². The molecule has 7 rings (SSSR count). The van der Waals surface area contributed by atoms with Gasteiger partial charge in [0.05, 0.1) is 24.1 Å². The van der Waals surface area contributed by atoms with Crippen LogP contribution in [-0.4, -0.2) is 99.2 Å². The molecule has 1 heterocycles. The summed E-state index contributed by atoms with van der Waals surface area (Å²) in [4.78, 5) is 81.7. The molecule has 3 unspecified atom stereocenters. The van der Waals surface area contributed by atoms with Gasteiger partial charge in [0.1, 0.15) is 29.7 Å². The number of Topliss-reactive ketones (excluding diaryl/α,β-unsaturated/α-hetero) is 1. The molecule has 0 spiro atoms. The molecule has 3 aliphatic carbocycles. The van der Waals surface area contributed by atoms with Crippen molar-refractivity contribution in [2.24, 2.45) is 11.3 Å². The van der Waals surface area contributed by atoms with Gasteiger partial charge in [-0.05, 0) is 47.9 Å². The predicted molar refractivity (Wildman–Crippen MR) is 213 cm³/mol. The second-order valence-corrected chi connectivity index (χ2v) is 16.4. The first-order valence-electron chi connectivity index (χ1n) is 19.8. The van der Waals surface area contributed by atoms with Crippen molar-refractivity contribution in [1.29, 1.82) is 0 Å². The van der Waals surface area contributed by atoms with E-state index < -0.39 is 112 Å². The van der Waals surface area contributed by atoms with Gasteiger partial charge >= 0.3 is 23.9 Å². The van der Waals surface area contributed by atoms with Crippen LogP contribution >= 0.6 is 0 Å². The second kappa shape index (κ2) is 16.4. The maximum absolute atomic E-state index is 14.3. The minimum absolute atomic E-state index is 0.00580. The van der Waals surface area contributed by atoms with Crippen molar-refractivity contribution in [3.05, 3.63) is 130 Å². The van der Waals surface area contributed by atoms with E-state index in [9.17, 15) is 44.1 Å². The minimum atomic E-state index is -2.40. The number of fused-ring (bicyclic) bond motifs is 5. The molecule has 4 aliphatic rings. The minimum Gasteiger partial charge on any atom is -0.508 e. The summed E-state index contributed by atoms with van der Waals surface area (Å²) in [6.07, 6.45) is -9.17. The number of benzene rings is 3. The number of ketones is 1. The summed E-state index contributed by atoms with van der Waals surface area (Å²) < 4.78 is 29.9. The normalized spacial score (nSPS) is 28.6. The number of esters is 4. The molecule has 320 valence electrons. The van der Waals surface area contributed by atoms with E-state index in [-0.39, 0.29) is 35.3 Å². The van der Waals surface area contributed by atoms with Gasteiger partial charge in [-0.2, -0.15) is 0 Å². The van der Waals surface area contributed by atoms with Gasteiger partial charge in [-0.3, -0.25) is 19.2 Å². The van der Waals surface area contributed by atoms with Crippen LogP contribution < -0.4 is 5.32 Å². The molecule has 1 aliphatic heterocycles. The molecule has 61 heavy (non-hydrogen) atoms. The monoisotopic (exact) mass is 837 g/mol. The zero-order valence-electron chi connectivity index (χ0n) is 34.2. The van der Waals surface area contributed by atoms with Crippen LogP contribution in [0.15, 0.2) is 113 Å². The van der Waals surface area contributed by atoms with Crippen LogP contribution in [0.1, 0.15) is 79.8 Å². The largest absolute Gasteiger partial charge is 0.508 e. The topological polar surface area (TPSA) is 221 Å². The highest BCUT2D eigenvalue weighted by atomic mass is 16.6. The van der Waals surface area contributed by atoms with Gasteiger partial charge in [0, 0.05) is 43.2 Å². The Hall–Kier alpha value is -6.16. The Morgan fingerprint density at radius 2 is 1.43 bits per heavy atom. The molecule has 0 radical (unpaired) electrons. The van der Waals surface area contributed by atoms with Crippen molar-refractivity contribution in [3.63, 3.8) is 0 Å². The maximum atomic E-state index is 14.3. The summed E-state index contributed by atoms with van der Waals surface area (Å²) in [5, 5.41) is 40.4. The Bertz CT molecular complexity index is 2310. The van der Waals surface area contributed by atoms with E-state index in [1.807, 2.05) is 0 Å². The zero-order valence-corrected chi connectivity index (χ0v) is 34.2. The van der Waals surface area contributed by atoms with Crippen LogP contribution in [0.2, 0.25) is 0 Å². The van der Waals surface area contributed by atoms with Gasteiger partial charge in [0.15, 0.2) is 23.6 Å². The van der Waals surface area contributed by atoms with Gasteiger partial charge in [0.25, 0.3) is 5.91 Å². The summed E-state index contributed by atoms with van der Waals surface area (Å²) in [7, 11) is 0. The number of hydrogen-bond donors (Lipinski definition) is 4. The van der Waals surface area contributed by atoms with Crippen LogP contribution in [0.25, 0.3) is 0 Å². The number of nitrogens with one attached hydrogen (secondary N) is 1. The molecule has 9 atom stereocenters. The lowest BCUT2D eigenvalue weighted by molar-refractivity contribution is -0.298. The number of rotatable bonds is 10.